The summed E-state index contributed by atoms with van der Waals surface area (Å²) in [6.07, 6.45) is 3.30. The lowest BCUT2D eigenvalue weighted by molar-refractivity contribution is -0.134. The number of carbonyl (C=O) groups is 2. The first-order valence-electron chi connectivity index (χ1n) is 11.8. The van der Waals surface area contributed by atoms with Crippen LogP contribution in [-0.2, 0) is 28.9 Å². The highest BCUT2D eigenvalue weighted by Gasteiger charge is 2.14. The molecule has 8 nitrogen and oxygen atoms in total. The summed E-state index contributed by atoms with van der Waals surface area (Å²) in [7, 11) is 0. The Kier molecular flexibility index (Phi) is 9.16. The molecule has 0 saturated heterocycles. The normalized spacial score (nSPS) is 10.7. The maximum atomic E-state index is 12.5. The van der Waals surface area contributed by atoms with Crippen LogP contribution in [0.3, 0.4) is 0 Å². The predicted octanol–water partition coefficient (Wildman–Crippen LogP) is 4.93. The fourth-order valence-electron chi connectivity index (χ4n) is 3.57. The summed E-state index contributed by atoms with van der Waals surface area (Å²) in [6.45, 7) is 2.06. The predicted molar refractivity (Wildman–Crippen MR) is 133 cm³/mol. The Hall–Kier alpha value is -4.20. The van der Waals surface area contributed by atoms with Crippen molar-refractivity contribution in [3.8, 4) is 34.5 Å². The highest BCUT2D eigenvalue weighted by atomic mass is 16.5. The van der Waals surface area contributed by atoms with Crippen molar-refractivity contribution in [2.75, 3.05) is 0 Å². The number of unbranched alkanes of at least 4 members (excludes halogenated alkanes) is 1. The molecule has 0 amide bonds. The minimum Gasteiger partial charge on any atom is -0.504 e. The van der Waals surface area contributed by atoms with Crippen molar-refractivity contribution in [1.29, 1.82) is 0 Å². The molecule has 3 rings (SSSR count). The van der Waals surface area contributed by atoms with Gasteiger partial charge in [0.2, 0.25) is 0 Å². The summed E-state index contributed by atoms with van der Waals surface area (Å²) in [5, 5.41) is 38.0. The molecule has 0 aliphatic heterocycles. The van der Waals surface area contributed by atoms with Crippen LogP contribution in [-0.4, -0.2) is 32.4 Å². The van der Waals surface area contributed by atoms with E-state index in [0.29, 0.717) is 36.1 Å². The van der Waals surface area contributed by atoms with E-state index < -0.39 is 11.9 Å². The first kappa shape index (κ1) is 26.4. The molecule has 0 spiro atoms. The first-order chi connectivity index (χ1) is 17.2. The van der Waals surface area contributed by atoms with Gasteiger partial charge >= 0.3 is 11.9 Å². The molecule has 36 heavy (non-hydrogen) atoms. The van der Waals surface area contributed by atoms with Crippen molar-refractivity contribution in [3.05, 3.63) is 71.3 Å². The highest BCUT2D eigenvalue weighted by molar-refractivity contribution is 5.75. The van der Waals surface area contributed by atoms with E-state index in [9.17, 15) is 30.0 Å². The van der Waals surface area contributed by atoms with E-state index in [-0.39, 0.29) is 41.6 Å². The van der Waals surface area contributed by atoms with Crippen LogP contribution < -0.4 is 9.47 Å². The number of ether oxygens (including phenoxy) is 2. The van der Waals surface area contributed by atoms with Crippen LogP contribution in [0.1, 0.15) is 49.3 Å². The van der Waals surface area contributed by atoms with Crippen LogP contribution >= 0.6 is 0 Å². The number of phenols is 4. The number of hydrogen-bond acceptors (Lipinski definition) is 8. The maximum Gasteiger partial charge on any atom is 0.311 e. The molecule has 0 atom stereocenters. The van der Waals surface area contributed by atoms with Gasteiger partial charge in [0.05, 0.1) is 0 Å². The van der Waals surface area contributed by atoms with Gasteiger partial charge in [-0.3, -0.25) is 9.59 Å². The van der Waals surface area contributed by atoms with Gasteiger partial charge in [0.25, 0.3) is 0 Å². The lowest BCUT2D eigenvalue weighted by atomic mass is 10.1. The van der Waals surface area contributed by atoms with Crippen LogP contribution in [0.4, 0.5) is 0 Å². The van der Waals surface area contributed by atoms with E-state index in [2.05, 4.69) is 6.92 Å². The molecular weight excluding hydrogens is 464 g/mol. The third-order valence-corrected chi connectivity index (χ3v) is 5.61. The third-order valence-electron chi connectivity index (χ3n) is 5.61. The Morgan fingerprint density at radius 3 is 1.75 bits per heavy atom. The summed E-state index contributed by atoms with van der Waals surface area (Å²) in [5.74, 6) is -1.35. The summed E-state index contributed by atoms with van der Waals surface area (Å²) >= 11 is 0. The molecule has 0 aliphatic carbocycles. The van der Waals surface area contributed by atoms with Gasteiger partial charge in [-0.05, 0) is 72.7 Å². The van der Waals surface area contributed by atoms with Crippen LogP contribution in [0, 0.1) is 0 Å². The topological polar surface area (TPSA) is 134 Å². The number of benzene rings is 3. The average Bonchev–Trinajstić information content (AvgIpc) is 2.85. The molecule has 3 aromatic rings. The number of rotatable bonds is 11. The molecule has 0 fully saturated rings. The highest BCUT2D eigenvalue weighted by Crippen LogP contribution is 2.29. The number of aromatic hydroxyl groups is 4. The van der Waals surface area contributed by atoms with Crippen molar-refractivity contribution < 1.29 is 39.5 Å². The molecule has 0 aromatic heterocycles. The first-order valence-corrected chi connectivity index (χ1v) is 11.8. The van der Waals surface area contributed by atoms with Gasteiger partial charge < -0.3 is 29.9 Å². The number of aryl methyl sites for hydroxylation is 3. The quantitative estimate of drug-likeness (QED) is 0.168. The molecule has 0 unspecified atom stereocenters. The van der Waals surface area contributed by atoms with Gasteiger partial charge in [-0.2, -0.15) is 0 Å². The van der Waals surface area contributed by atoms with Crippen molar-refractivity contribution in [1.82, 2.24) is 0 Å². The second-order valence-electron chi connectivity index (χ2n) is 8.47. The minimum absolute atomic E-state index is 0.0520. The second-order valence-corrected chi connectivity index (χ2v) is 8.47. The van der Waals surface area contributed by atoms with E-state index in [4.69, 9.17) is 9.47 Å². The van der Waals surface area contributed by atoms with Crippen molar-refractivity contribution in [3.63, 3.8) is 0 Å². The molecule has 4 N–H and O–H groups in total. The van der Waals surface area contributed by atoms with Crippen LogP contribution in [0.2, 0.25) is 0 Å². The lowest BCUT2D eigenvalue weighted by Gasteiger charge is -2.13. The minimum atomic E-state index is -0.492. The Morgan fingerprint density at radius 2 is 1.22 bits per heavy atom. The average molecular weight is 495 g/mol. The van der Waals surface area contributed by atoms with Crippen LogP contribution in [0.5, 0.6) is 34.5 Å². The molecule has 0 bridgehead atoms. The smallest absolute Gasteiger partial charge is 0.311 e. The Balaban J connectivity index is 1.62. The molecular formula is C28H30O8. The van der Waals surface area contributed by atoms with Gasteiger partial charge in [-0.15, -0.1) is 0 Å². The van der Waals surface area contributed by atoms with Gasteiger partial charge in [0.15, 0.2) is 23.0 Å². The third kappa shape index (κ3) is 7.66. The summed E-state index contributed by atoms with van der Waals surface area (Å²) in [5.41, 5.74) is 2.18. The SMILES string of the molecule is CCCCc1ccc(OC(=O)CCc2ccc(O)c(O)c2)cc1OC(=O)CCc1ccc(O)c(O)c1. The molecule has 8 heteroatoms. The zero-order chi connectivity index (χ0) is 26.1. The fourth-order valence-corrected chi connectivity index (χ4v) is 3.57. The van der Waals surface area contributed by atoms with Crippen LogP contribution in [0.15, 0.2) is 54.6 Å². The number of esters is 2. The molecule has 0 radical (unpaired) electrons. The molecule has 0 heterocycles. The zero-order valence-electron chi connectivity index (χ0n) is 20.1. The van der Waals surface area contributed by atoms with Crippen molar-refractivity contribution in [2.45, 2.75) is 51.9 Å². The molecule has 3 aromatic carbocycles. The number of hydrogen-bond donors (Lipinski definition) is 4. The summed E-state index contributed by atoms with van der Waals surface area (Å²) in [4.78, 5) is 24.9. The summed E-state index contributed by atoms with van der Waals surface area (Å²) in [6, 6.07) is 13.7. The Labute approximate surface area is 209 Å². The van der Waals surface area contributed by atoms with Crippen molar-refractivity contribution in [2.24, 2.45) is 0 Å². The second kappa shape index (κ2) is 12.5. The van der Waals surface area contributed by atoms with E-state index in [1.807, 2.05) is 0 Å². The van der Waals surface area contributed by atoms with E-state index >= 15 is 0 Å². The van der Waals surface area contributed by atoms with Crippen LogP contribution in [0.25, 0.3) is 0 Å². The Bertz CT molecular complexity index is 1220. The largest absolute Gasteiger partial charge is 0.504 e. The standard InChI is InChI=1S/C28H30O8/c1-2-3-4-20-9-10-21(35-27(33)13-7-18-5-11-22(29)24(31)15-18)17-26(20)36-28(34)14-8-19-6-12-23(30)25(32)16-19/h5-6,9-12,15-17,29-32H,2-4,7-8,13-14H2,1H3. The monoisotopic (exact) mass is 494 g/mol. The van der Waals surface area contributed by atoms with E-state index in [0.717, 1.165) is 18.4 Å². The lowest BCUT2D eigenvalue weighted by Crippen LogP contribution is -2.12. The molecule has 190 valence electrons. The maximum absolute atomic E-state index is 12.5. The van der Waals surface area contributed by atoms with Crippen molar-refractivity contribution >= 4 is 11.9 Å². The molecule has 0 saturated carbocycles. The number of phenolic OH excluding ortho intramolecular Hbond substituents is 4. The van der Waals surface area contributed by atoms with Gasteiger partial charge in [-0.25, -0.2) is 0 Å². The fraction of sp³-hybridized carbons (Fsp3) is 0.286. The van der Waals surface area contributed by atoms with Gasteiger partial charge in [0, 0.05) is 18.9 Å². The molecule has 0 aliphatic rings. The summed E-state index contributed by atoms with van der Waals surface area (Å²) < 4.78 is 11.0. The zero-order valence-corrected chi connectivity index (χ0v) is 20.1. The van der Waals surface area contributed by atoms with Gasteiger partial charge in [0.1, 0.15) is 11.5 Å². The number of carbonyl (C=O) groups excluding carboxylic acids is 2. The van der Waals surface area contributed by atoms with E-state index in [1.54, 1.807) is 24.3 Å². The van der Waals surface area contributed by atoms with Gasteiger partial charge in [-0.1, -0.05) is 31.5 Å². The Morgan fingerprint density at radius 1 is 0.667 bits per heavy atom. The van der Waals surface area contributed by atoms with E-state index in [1.165, 1.54) is 30.3 Å².